The van der Waals surface area contributed by atoms with Gasteiger partial charge in [0.15, 0.2) is 11.5 Å². The molecule has 138 valence electrons. The maximum atomic E-state index is 13.9. The summed E-state index contributed by atoms with van der Waals surface area (Å²) in [6.45, 7) is -1.60. The smallest absolute Gasteiger partial charge is 0.387 e. The Morgan fingerprint density at radius 2 is 1.96 bits per heavy atom. The van der Waals surface area contributed by atoms with E-state index in [0.29, 0.717) is 5.82 Å². The van der Waals surface area contributed by atoms with Crippen LogP contribution < -0.4 is 15.0 Å². The molecule has 1 N–H and O–H groups in total. The molecule has 3 rings (SSSR count). The van der Waals surface area contributed by atoms with E-state index in [1.165, 1.54) is 18.2 Å². The van der Waals surface area contributed by atoms with Gasteiger partial charge in [0, 0.05) is 25.2 Å². The van der Waals surface area contributed by atoms with E-state index in [1.54, 1.807) is 6.07 Å². The molecule has 1 fully saturated rings. The maximum absolute atomic E-state index is 13.9. The predicted molar refractivity (Wildman–Crippen MR) is 87.7 cm³/mol. The number of rotatable bonds is 6. The van der Waals surface area contributed by atoms with Crippen molar-refractivity contribution < 1.29 is 22.7 Å². The molecule has 0 radical (unpaired) electrons. The third-order valence-corrected chi connectivity index (χ3v) is 4.03. The fourth-order valence-electron chi connectivity index (χ4n) is 2.74. The number of amides is 1. The second-order valence-corrected chi connectivity index (χ2v) is 5.75. The first-order chi connectivity index (χ1) is 12.5. The zero-order chi connectivity index (χ0) is 18.5. The molecule has 0 saturated carbocycles. The number of benzene rings is 1. The van der Waals surface area contributed by atoms with E-state index in [4.69, 9.17) is 0 Å². The van der Waals surface area contributed by atoms with Gasteiger partial charge >= 0.3 is 6.61 Å². The van der Waals surface area contributed by atoms with Gasteiger partial charge in [-0.2, -0.15) is 8.78 Å². The van der Waals surface area contributed by atoms with Crippen molar-refractivity contribution in [3.8, 4) is 5.75 Å². The molecule has 1 aliphatic rings. The number of carbonyl (C=O) groups is 1. The molecule has 1 aromatic carbocycles. The third kappa shape index (κ3) is 4.22. The standard InChI is InChI=1S/C17H17F3N4O2/c18-12-4-3-5-14(26-17(19)20)11(12)10-21-16(25)13-6-7-15(23-22-13)24-8-1-2-9-24/h3-7,17H,1-2,8-10H2,(H,21,25). The molecule has 26 heavy (non-hydrogen) atoms. The maximum Gasteiger partial charge on any atom is 0.387 e. The summed E-state index contributed by atoms with van der Waals surface area (Å²) in [5, 5.41) is 10.3. The van der Waals surface area contributed by atoms with Crippen LogP contribution in [0.3, 0.4) is 0 Å². The van der Waals surface area contributed by atoms with Gasteiger partial charge in [-0.15, -0.1) is 10.2 Å². The van der Waals surface area contributed by atoms with Crippen LogP contribution in [-0.4, -0.2) is 35.8 Å². The van der Waals surface area contributed by atoms with Crippen molar-refractivity contribution in [1.29, 1.82) is 0 Å². The fraction of sp³-hybridized carbons (Fsp3) is 0.353. The van der Waals surface area contributed by atoms with Crippen LogP contribution in [0.1, 0.15) is 28.9 Å². The van der Waals surface area contributed by atoms with Gasteiger partial charge < -0.3 is 15.0 Å². The number of anilines is 1. The van der Waals surface area contributed by atoms with Crippen LogP contribution in [0.2, 0.25) is 0 Å². The molecular formula is C17H17F3N4O2. The van der Waals surface area contributed by atoms with Crippen LogP contribution in [0.25, 0.3) is 0 Å². The second-order valence-electron chi connectivity index (χ2n) is 5.75. The van der Waals surface area contributed by atoms with Gasteiger partial charge in [-0.25, -0.2) is 4.39 Å². The Hall–Kier alpha value is -2.84. The molecule has 1 aromatic heterocycles. The third-order valence-electron chi connectivity index (χ3n) is 4.03. The molecule has 0 bridgehead atoms. The van der Waals surface area contributed by atoms with E-state index >= 15 is 0 Å². The van der Waals surface area contributed by atoms with E-state index in [0.717, 1.165) is 32.0 Å². The highest BCUT2D eigenvalue weighted by Gasteiger charge is 2.17. The highest BCUT2D eigenvalue weighted by Crippen LogP contribution is 2.23. The predicted octanol–water partition coefficient (Wildman–Crippen LogP) is 2.75. The number of halogens is 3. The summed E-state index contributed by atoms with van der Waals surface area (Å²) in [5.74, 6) is -0.966. The van der Waals surface area contributed by atoms with E-state index in [2.05, 4.69) is 25.2 Å². The van der Waals surface area contributed by atoms with Crippen LogP contribution >= 0.6 is 0 Å². The molecule has 1 aliphatic heterocycles. The van der Waals surface area contributed by atoms with Gasteiger partial charge in [0.25, 0.3) is 5.91 Å². The molecule has 2 aromatic rings. The lowest BCUT2D eigenvalue weighted by Gasteiger charge is -2.15. The Labute approximate surface area is 148 Å². The highest BCUT2D eigenvalue weighted by molar-refractivity contribution is 5.92. The summed E-state index contributed by atoms with van der Waals surface area (Å²) in [6.07, 6.45) is 2.19. The number of alkyl halides is 2. The van der Waals surface area contributed by atoms with E-state index < -0.39 is 18.3 Å². The second kappa shape index (κ2) is 8.03. The summed E-state index contributed by atoms with van der Waals surface area (Å²) < 4.78 is 43.0. The molecule has 0 unspecified atom stereocenters. The lowest BCUT2D eigenvalue weighted by atomic mass is 10.2. The van der Waals surface area contributed by atoms with Gasteiger partial charge in [-0.3, -0.25) is 4.79 Å². The molecule has 0 aliphatic carbocycles. The molecule has 0 spiro atoms. The minimum absolute atomic E-state index is 0.0561. The number of hydrogen-bond acceptors (Lipinski definition) is 5. The molecule has 6 nitrogen and oxygen atoms in total. The SMILES string of the molecule is O=C(NCc1c(F)cccc1OC(F)F)c1ccc(N2CCCC2)nn1. The van der Waals surface area contributed by atoms with Crippen molar-refractivity contribution in [2.24, 2.45) is 0 Å². The first-order valence-corrected chi connectivity index (χ1v) is 8.13. The van der Waals surface area contributed by atoms with Gasteiger partial charge in [-0.05, 0) is 37.1 Å². The number of ether oxygens (including phenoxy) is 1. The Morgan fingerprint density at radius 3 is 2.62 bits per heavy atom. The van der Waals surface area contributed by atoms with Crippen LogP contribution in [0, 0.1) is 5.82 Å². The van der Waals surface area contributed by atoms with Crippen molar-refractivity contribution in [1.82, 2.24) is 15.5 Å². The van der Waals surface area contributed by atoms with Gasteiger partial charge in [0.2, 0.25) is 0 Å². The highest BCUT2D eigenvalue weighted by atomic mass is 19.3. The molecule has 9 heteroatoms. The average molecular weight is 366 g/mol. The molecule has 0 atom stereocenters. The quantitative estimate of drug-likeness (QED) is 0.852. The summed E-state index contributed by atoms with van der Waals surface area (Å²) in [4.78, 5) is 14.2. The molecule has 2 heterocycles. The van der Waals surface area contributed by atoms with Gasteiger partial charge in [-0.1, -0.05) is 6.07 Å². The van der Waals surface area contributed by atoms with Crippen molar-refractivity contribution in [2.45, 2.75) is 26.0 Å². The van der Waals surface area contributed by atoms with Gasteiger partial charge in [0.1, 0.15) is 11.6 Å². The van der Waals surface area contributed by atoms with Crippen LogP contribution in [0.4, 0.5) is 19.0 Å². The normalized spacial score (nSPS) is 13.9. The zero-order valence-electron chi connectivity index (χ0n) is 13.8. The first-order valence-electron chi connectivity index (χ1n) is 8.13. The Bertz CT molecular complexity index is 765. The fourth-order valence-corrected chi connectivity index (χ4v) is 2.74. The Balaban J connectivity index is 1.65. The average Bonchev–Trinajstić information content (AvgIpc) is 3.15. The molecular weight excluding hydrogens is 349 g/mol. The summed E-state index contributed by atoms with van der Waals surface area (Å²) in [6, 6.07) is 6.78. The van der Waals surface area contributed by atoms with Crippen LogP contribution in [-0.2, 0) is 6.54 Å². The minimum atomic E-state index is -3.09. The lowest BCUT2D eigenvalue weighted by Crippen LogP contribution is -2.26. The summed E-state index contributed by atoms with van der Waals surface area (Å²) >= 11 is 0. The first kappa shape index (κ1) is 18.0. The summed E-state index contributed by atoms with van der Waals surface area (Å²) in [5.41, 5.74) is -0.108. The topological polar surface area (TPSA) is 67.3 Å². The van der Waals surface area contributed by atoms with E-state index in [9.17, 15) is 18.0 Å². The Kier molecular flexibility index (Phi) is 5.55. The zero-order valence-corrected chi connectivity index (χ0v) is 13.8. The lowest BCUT2D eigenvalue weighted by molar-refractivity contribution is -0.0506. The van der Waals surface area contributed by atoms with Crippen LogP contribution in [0.5, 0.6) is 5.75 Å². The number of nitrogens with one attached hydrogen (secondary N) is 1. The van der Waals surface area contributed by atoms with E-state index in [1.807, 2.05) is 0 Å². The molecule has 1 amide bonds. The monoisotopic (exact) mass is 366 g/mol. The van der Waals surface area contributed by atoms with Crippen molar-refractivity contribution in [3.05, 3.63) is 47.4 Å². The summed E-state index contributed by atoms with van der Waals surface area (Å²) in [7, 11) is 0. The number of nitrogens with zero attached hydrogens (tertiary/aromatic N) is 3. The molecule has 1 saturated heterocycles. The largest absolute Gasteiger partial charge is 0.434 e. The number of aromatic nitrogens is 2. The van der Waals surface area contributed by atoms with Crippen LogP contribution in [0.15, 0.2) is 30.3 Å². The van der Waals surface area contributed by atoms with Crippen molar-refractivity contribution in [2.75, 3.05) is 18.0 Å². The van der Waals surface area contributed by atoms with Crippen molar-refractivity contribution >= 4 is 11.7 Å². The number of hydrogen-bond donors (Lipinski definition) is 1. The van der Waals surface area contributed by atoms with Gasteiger partial charge in [0.05, 0.1) is 0 Å². The minimum Gasteiger partial charge on any atom is -0.434 e. The Morgan fingerprint density at radius 1 is 1.19 bits per heavy atom. The van der Waals surface area contributed by atoms with Crippen molar-refractivity contribution in [3.63, 3.8) is 0 Å². The van der Waals surface area contributed by atoms with E-state index in [-0.39, 0.29) is 23.6 Å². The number of carbonyl (C=O) groups excluding carboxylic acids is 1.